The monoisotopic (exact) mass is 363 g/mol. The summed E-state index contributed by atoms with van der Waals surface area (Å²) in [6.07, 6.45) is 7.43. The second-order valence-corrected chi connectivity index (χ2v) is 7.62. The molecular weight excluding hydrogens is 334 g/mol. The predicted octanol–water partition coefficient (Wildman–Crippen LogP) is 3.84. The first-order chi connectivity index (χ1) is 13.3. The molecule has 0 amide bonds. The number of H-pyrrole nitrogens is 1. The first-order valence-corrected chi connectivity index (χ1v) is 10.1. The molecule has 2 unspecified atom stereocenters. The third-order valence-corrected chi connectivity index (χ3v) is 5.77. The number of aromatic amines is 1. The topological polar surface area (TPSA) is 79.6 Å². The number of hydrogen-bond donors (Lipinski definition) is 3. The maximum absolute atomic E-state index is 5.82. The Bertz CT molecular complexity index is 854. The molecule has 27 heavy (non-hydrogen) atoms. The molecule has 5 heteroatoms. The molecule has 0 fully saturated rings. The molecule has 4 rings (SSSR count). The summed E-state index contributed by atoms with van der Waals surface area (Å²) in [5.74, 6) is 1.32. The van der Waals surface area contributed by atoms with E-state index in [1.807, 2.05) is 24.4 Å². The van der Waals surface area contributed by atoms with Gasteiger partial charge in [0.15, 0.2) is 0 Å². The van der Waals surface area contributed by atoms with E-state index in [1.165, 1.54) is 17.7 Å². The number of aromatic nitrogens is 3. The summed E-state index contributed by atoms with van der Waals surface area (Å²) in [7, 11) is 0. The molecule has 0 saturated carbocycles. The molecule has 3 aromatic rings. The number of rotatable bonds is 7. The molecule has 1 aliphatic rings. The average molecular weight is 364 g/mol. The number of aryl methyl sites for hydroxylation is 1. The zero-order chi connectivity index (χ0) is 18.6. The minimum Gasteiger partial charge on any atom is -0.342 e. The normalized spacial score (nSPS) is 19.0. The van der Waals surface area contributed by atoms with E-state index >= 15 is 0 Å². The fourth-order valence-electron chi connectivity index (χ4n) is 4.22. The van der Waals surface area contributed by atoms with Crippen molar-refractivity contribution in [2.75, 3.05) is 6.54 Å². The lowest BCUT2D eigenvalue weighted by Gasteiger charge is -2.32. The largest absolute Gasteiger partial charge is 0.342 e. The Hall–Kier alpha value is -2.24. The van der Waals surface area contributed by atoms with Crippen LogP contribution in [0.2, 0.25) is 0 Å². The van der Waals surface area contributed by atoms with Crippen LogP contribution in [0.25, 0.3) is 11.0 Å². The highest BCUT2D eigenvalue weighted by Crippen LogP contribution is 2.31. The van der Waals surface area contributed by atoms with Gasteiger partial charge >= 0.3 is 0 Å². The molecule has 1 aliphatic carbocycles. The van der Waals surface area contributed by atoms with Crippen molar-refractivity contribution in [1.82, 2.24) is 20.3 Å². The van der Waals surface area contributed by atoms with Gasteiger partial charge in [0.05, 0.1) is 16.7 Å². The van der Waals surface area contributed by atoms with E-state index in [4.69, 9.17) is 15.7 Å². The number of imidazole rings is 1. The Morgan fingerprint density at radius 2 is 2.15 bits per heavy atom. The number of nitrogens with one attached hydrogen (secondary N) is 2. The Kier molecular flexibility index (Phi) is 5.50. The molecule has 5 nitrogen and oxygen atoms in total. The maximum Gasteiger partial charge on any atom is 0.111 e. The van der Waals surface area contributed by atoms with E-state index in [9.17, 15) is 0 Å². The standard InChI is InChI=1S/C22H29N5/c1-15(22-26-18-9-2-3-10-19(18)27-22)17(12-5-13-23)25-20-11-4-7-16-8-6-14-24-21(16)20/h2-3,6,8-10,14-15,17,20,25H,4-5,7,11-13,23H2,1H3,(H,26,27)/t15?,17?,20-/m0/s1. The number of nitrogens with zero attached hydrogens (tertiary/aromatic N) is 2. The van der Waals surface area contributed by atoms with E-state index in [-0.39, 0.29) is 5.92 Å². The molecule has 0 radical (unpaired) electrons. The highest BCUT2D eigenvalue weighted by atomic mass is 15.0. The van der Waals surface area contributed by atoms with Crippen molar-refractivity contribution >= 4 is 11.0 Å². The number of hydrogen-bond acceptors (Lipinski definition) is 4. The smallest absolute Gasteiger partial charge is 0.111 e. The SMILES string of the molecule is CC(c1nc2ccccc2[nH]1)C(CCCN)N[C@H]1CCCc2cccnc21. The van der Waals surface area contributed by atoms with Gasteiger partial charge in [-0.2, -0.15) is 0 Å². The maximum atomic E-state index is 5.82. The van der Waals surface area contributed by atoms with Crippen molar-refractivity contribution < 1.29 is 0 Å². The van der Waals surface area contributed by atoms with E-state index in [1.54, 1.807) is 0 Å². The minimum atomic E-state index is 0.276. The van der Waals surface area contributed by atoms with Gasteiger partial charge in [-0.1, -0.05) is 25.1 Å². The van der Waals surface area contributed by atoms with Crippen molar-refractivity contribution in [2.24, 2.45) is 5.73 Å². The van der Waals surface area contributed by atoms with Gasteiger partial charge in [0, 0.05) is 24.2 Å². The number of nitrogens with two attached hydrogens (primary N) is 1. The number of fused-ring (bicyclic) bond motifs is 2. The van der Waals surface area contributed by atoms with Crippen molar-refractivity contribution in [3.8, 4) is 0 Å². The van der Waals surface area contributed by atoms with Gasteiger partial charge in [-0.3, -0.25) is 4.98 Å². The summed E-state index contributed by atoms with van der Waals surface area (Å²) >= 11 is 0. The molecule has 0 bridgehead atoms. The van der Waals surface area contributed by atoms with Crippen LogP contribution < -0.4 is 11.1 Å². The Morgan fingerprint density at radius 3 is 3.00 bits per heavy atom. The van der Waals surface area contributed by atoms with Gasteiger partial charge in [-0.15, -0.1) is 0 Å². The average Bonchev–Trinajstić information content (AvgIpc) is 3.15. The van der Waals surface area contributed by atoms with Crippen molar-refractivity contribution in [3.63, 3.8) is 0 Å². The molecule has 142 valence electrons. The molecule has 0 aliphatic heterocycles. The summed E-state index contributed by atoms with van der Waals surface area (Å²) in [5, 5.41) is 3.91. The van der Waals surface area contributed by atoms with Crippen LogP contribution in [0.4, 0.5) is 0 Å². The van der Waals surface area contributed by atoms with E-state index in [2.05, 4.69) is 35.4 Å². The van der Waals surface area contributed by atoms with Crippen LogP contribution in [0.15, 0.2) is 42.6 Å². The van der Waals surface area contributed by atoms with Crippen LogP contribution in [0.3, 0.4) is 0 Å². The first-order valence-electron chi connectivity index (χ1n) is 10.1. The van der Waals surface area contributed by atoms with Crippen LogP contribution in [-0.2, 0) is 6.42 Å². The highest BCUT2D eigenvalue weighted by molar-refractivity contribution is 5.74. The Labute approximate surface area is 160 Å². The molecule has 3 atom stereocenters. The first kappa shape index (κ1) is 18.1. The quantitative estimate of drug-likeness (QED) is 0.596. The summed E-state index contributed by atoms with van der Waals surface area (Å²) in [6, 6.07) is 13.1. The summed E-state index contributed by atoms with van der Waals surface area (Å²) in [5.41, 5.74) is 10.6. The van der Waals surface area contributed by atoms with Crippen molar-refractivity contribution in [3.05, 3.63) is 59.7 Å². The lowest BCUT2D eigenvalue weighted by molar-refractivity contribution is 0.334. The van der Waals surface area contributed by atoms with Crippen LogP contribution in [-0.4, -0.2) is 27.5 Å². The molecule has 0 saturated heterocycles. The molecule has 4 N–H and O–H groups in total. The van der Waals surface area contributed by atoms with Crippen molar-refractivity contribution in [1.29, 1.82) is 0 Å². The van der Waals surface area contributed by atoms with Crippen molar-refractivity contribution in [2.45, 2.75) is 57.0 Å². The van der Waals surface area contributed by atoms with Gasteiger partial charge in [-0.05, 0) is 62.4 Å². The Balaban J connectivity index is 1.57. The lowest BCUT2D eigenvalue weighted by Crippen LogP contribution is -2.39. The zero-order valence-electron chi connectivity index (χ0n) is 16.0. The molecule has 2 aromatic heterocycles. The van der Waals surface area contributed by atoms with Crippen LogP contribution in [0, 0.1) is 0 Å². The predicted molar refractivity (Wildman–Crippen MR) is 110 cm³/mol. The van der Waals surface area contributed by atoms with Gasteiger partial charge in [-0.25, -0.2) is 4.98 Å². The molecule has 1 aromatic carbocycles. The number of pyridine rings is 1. The van der Waals surface area contributed by atoms with Crippen LogP contribution >= 0.6 is 0 Å². The molecule has 2 heterocycles. The minimum absolute atomic E-state index is 0.276. The fraction of sp³-hybridized carbons (Fsp3) is 0.455. The fourth-order valence-corrected chi connectivity index (χ4v) is 4.22. The zero-order valence-corrected chi connectivity index (χ0v) is 16.0. The van der Waals surface area contributed by atoms with Gasteiger partial charge in [0.25, 0.3) is 0 Å². The second-order valence-electron chi connectivity index (χ2n) is 7.62. The van der Waals surface area contributed by atoms with E-state index in [0.29, 0.717) is 18.6 Å². The number of para-hydroxylation sites is 2. The third-order valence-electron chi connectivity index (χ3n) is 5.77. The van der Waals surface area contributed by atoms with Crippen LogP contribution in [0.5, 0.6) is 0 Å². The molecule has 0 spiro atoms. The van der Waals surface area contributed by atoms with Gasteiger partial charge in [0.1, 0.15) is 5.82 Å². The Morgan fingerprint density at radius 1 is 1.26 bits per heavy atom. The molecular formula is C22H29N5. The lowest BCUT2D eigenvalue weighted by atomic mass is 9.89. The summed E-state index contributed by atoms with van der Waals surface area (Å²) < 4.78 is 0. The number of benzene rings is 1. The van der Waals surface area contributed by atoms with Crippen LogP contribution in [0.1, 0.15) is 61.6 Å². The highest BCUT2D eigenvalue weighted by Gasteiger charge is 2.28. The second kappa shape index (κ2) is 8.19. The summed E-state index contributed by atoms with van der Waals surface area (Å²) in [4.78, 5) is 13.0. The van der Waals surface area contributed by atoms with E-state index < -0.39 is 0 Å². The third kappa shape index (κ3) is 3.89. The van der Waals surface area contributed by atoms with Gasteiger partial charge in [0.2, 0.25) is 0 Å². The van der Waals surface area contributed by atoms with E-state index in [0.717, 1.165) is 42.5 Å². The summed E-state index contributed by atoms with van der Waals surface area (Å²) in [6.45, 7) is 2.97. The van der Waals surface area contributed by atoms with Gasteiger partial charge < -0.3 is 16.0 Å².